The fraction of sp³-hybridized carbons (Fsp3) is 0.273. The maximum absolute atomic E-state index is 9.11. The molecule has 0 aliphatic carbocycles. The number of aromatic nitrogens is 1. The summed E-state index contributed by atoms with van der Waals surface area (Å²) in [5, 5.41) is 19.1. The quantitative estimate of drug-likeness (QED) is 0.682. The van der Waals surface area contributed by atoms with Crippen LogP contribution in [0.15, 0.2) is 24.4 Å². The molecule has 74 valence electrons. The van der Waals surface area contributed by atoms with Crippen molar-refractivity contribution >= 4 is 10.9 Å². The van der Waals surface area contributed by atoms with Crippen molar-refractivity contribution in [1.29, 1.82) is 0 Å². The van der Waals surface area contributed by atoms with E-state index in [2.05, 4.69) is 4.98 Å². The lowest BCUT2D eigenvalue weighted by molar-refractivity contribution is 0.283. The summed E-state index contributed by atoms with van der Waals surface area (Å²) in [6.07, 6.45) is 2.54. The molecule has 3 heteroatoms. The van der Waals surface area contributed by atoms with E-state index in [1.54, 1.807) is 0 Å². The Kier molecular flexibility index (Phi) is 2.52. The molecule has 3 nitrogen and oxygen atoms in total. The van der Waals surface area contributed by atoms with Crippen LogP contribution in [0.25, 0.3) is 10.9 Å². The lowest BCUT2D eigenvalue weighted by Crippen LogP contribution is -1.89. The van der Waals surface area contributed by atoms with Crippen molar-refractivity contribution in [3.8, 4) is 0 Å². The highest BCUT2D eigenvalue weighted by Gasteiger charge is 2.05. The summed E-state index contributed by atoms with van der Waals surface area (Å²) in [6.45, 7) is 0.187. The first-order chi connectivity index (χ1) is 6.86. The molecule has 0 spiro atoms. The number of benzene rings is 1. The van der Waals surface area contributed by atoms with Crippen LogP contribution in [0.1, 0.15) is 11.1 Å². The molecule has 1 heterocycles. The molecular formula is C11H13NO2. The number of aliphatic hydroxyl groups is 2. The number of para-hydroxylation sites is 1. The standard InChI is InChI=1S/C11H13NO2/c13-5-4-8-6-12-11-9(7-14)2-1-3-10(8)11/h1-3,6,12-14H,4-5,7H2. The lowest BCUT2D eigenvalue weighted by Gasteiger charge is -1.99. The van der Waals surface area contributed by atoms with E-state index in [9.17, 15) is 0 Å². The summed E-state index contributed by atoms with van der Waals surface area (Å²) in [5.74, 6) is 0. The van der Waals surface area contributed by atoms with Crippen LogP contribution >= 0.6 is 0 Å². The SMILES string of the molecule is OCCc1c[nH]c2c(CO)cccc12. The molecule has 0 unspecified atom stereocenters. The minimum atomic E-state index is 0.0381. The summed E-state index contributed by atoms with van der Waals surface area (Å²) in [7, 11) is 0. The van der Waals surface area contributed by atoms with Gasteiger partial charge in [-0.25, -0.2) is 0 Å². The van der Waals surface area contributed by atoms with Gasteiger partial charge in [-0.1, -0.05) is 18.2 Å². The van der Waals surface area contributed by atoms with Crippen LogP contribution in [-0.4, -0.2) is 21.8 Å². The average Bonchev–Trinajstić information content (AvgIpc) is 2.62. The molecule has 0 fully saturated rings. The first-order valence-electron chi connectivity index (χ1n) is 4.66. The normalized spacial score (nSPS) is 11.0. The molecular weight excluding hydrogens is 178 g/mol. The van der Waals surface area contributed by atoms with Gasteiger partial charge in [0.25, 0.3) is 0 Å². The molecule has 0 radical (unpaired) electrons. The van der Waals surface area contributed by atoms with Crippen LogP contribution in [0.2, 0.25) is 0 Å². The zero-order chi connectivity index (χ0) is 9.97. The van der Waals surface area contributed by atoms with E-state index in [0.717, 1.165) is 22.0 Å². The Balaban J connectivity index is 2.57. The summed E-state index contributed by atoms with van der Waals surface area (Å²) in [6, 6.07) is 5.81. The Morgan fingerprint density at radius 1 is 1.14 bits per heavy atom. The second-order valence-electron chi connectivity index (χ2n) is 3.29. The van der Waals surface area contributed by atoms with Gasteiger partial charge in [-0.05, 0) is 12.0 Å². The number of hydrogen-bond donors (Lipinski definition) is 3. The molecule has 0 saturated carbocycles. The van der Waals surface area contributed by atoms with Crippen LogP contribution in [0.5, 0.6) is 0 Å². The molecule has 0 aliphatic heterocycles. The fourth-order valence-corrected chi connectivity index (χ4v) is 1.73. The van der Waals surface area contributed by atoms with E-state index in [1.165, 1.54) is 0 Å². The van der Waals surface area contributed by atoms with E-state index < -0.39 is 0 Å². The molecule has 0 bridgehead atoms. The van der Waals surface area contributed by atoms with Gasteiger partial charge in [-0.2, -0.15) is 0 Å². The highest BCUT2D eigenvalue weighted by atomic mass is 16.3. The molecule has 2 rings (SSSR count). The molecule has 14 heavy (non-hydrogen) atoms. The number of fused-ring (bicyclic) bond motifs is 1. The zero-order valence-electron chi connectivity index (χ0n) is 7.83. The first kappa shape index (κ1) is 9.24. The molecule has 2 aromatic rings. The van der Waals surface area contributed by atoms with Crippen molar-refractivity contribution < 1.29 is 10.2 Å². The number of hydrogen-bond acceptors (Lipinski definition) is 2. The van der Waals surface area contributed by atoms with Gasteiger partial charge in [-0.3, -0.25) is 0 Å². The Hall–Kier alpha value is -1.32. The molecule has 3 N–H and O–H groups in total. The number of H-pyrrole nitrogens is 1. The maximum atomic E-state index is 9.11. The highest BCUT2D eigenvalue weighted by molar-refractivity contribution is 5.85. The van der Waals surface area contributed by atoms with Crippen LogP contribution in [0, 0.1) is 0 Å². The van der Waals surface area contributed by atoms with E-state index in [-0.39, 0.29) is 13.2 Å². The predicted molar refractivity (Wildman–Crippen MR) is 55.0 cm³/mol. The third kappa shape index (κ3) is 1.41. The van der Waals surface area contributed by atoms with Gasteiger partial charge >= 0.3 is 0 Å². The first-order valence-corrected chi connectivity index (χ1v) is 4.66. The van der Waals surface area contributed by atoms with Crippen molar-refractivity contribution in [2.45, 2.75) is 13.0 Å². The van der Waals surface area contributed by atoms with Gasteiger partial charge in [0.1, 0.15) is 0 Å². The Bertz CT molecular complexity index is 434. The highest BCUT2D eigenvalue weighted by Crippen LogP contribution is 2.21. The summed E-state index contributed by atoms with van der Waals surface area (Å²) < 4.78 is 0. The number of aromatic amines is 1. The molecule has 0 saturated heterocycles. The second kappa shape index (κ2) is 3.82. The monoisotopic (exact) mass is 191 g/mol. The van der Waals surface area contributed by atoms with Crippen LogP contribution in [0.4, 0.5) is 0 Å². The van der Waals surface area contributed by atoms with Gasteiger partial charge in [0.15, 0.2) is 0 Å². The lowest BCUT2D eigenvalue weighted by atomic mass is 10.1. The predicted octanol–water partition coefficient (Wildman–Crippen LogP) is 1.19. The maximum Gasteiger partial charge on any atom is 0.0702 e. The van der Waals surface area contributed by atoms with Crippen LogP contribution in [-0.2, 0) is 13.0 Å². The largest absolute Gasteiger partial charge is 0.396 e. The molecule has 0 atom stereocenters. The van der Waals surface area contributed by atoms with E-state index in [1.807, 2.05) is 24.4 Å². The van der Waals surface area contributed by atoms with Gasteiger partial charge < -0.3 is 15.2 Å². The smallest absolute Gasteiger partial charge is 0.0702 e. The summed E-state index contributed by atoms with van der Waals surface area (Å²) >= 11 is 0. The summed E-state index contributed by atoms with van der Waals surface area (Å²) in [4.78, 5) is 3.12. The molecule has 0 amide bonds. The minimum Gasteiger partial charge on any atom is -0.396 e. The van der Waals surface area contributed by atoms with E-state index in [4.69, 9.17) is 10.2 Å². The second-order valence-corrected chi connectivity index (χ2v) is 3.29. The van der Waals surface area contributed by atoms with Crippen molar-refractivity contribution in [3.05, 3.63) is 35.5 Å². The number of nitrogens with one attached hydrogen (secondary N) is 1. The summed E-state index contributed by atoms with van der Waals surface area (Å²) in [5.41, 5.74) is 2.96. The van der Waals surface area contributed by atoms with Crippen molar-refractivity contribution in [2.75, 3.05) is 6.61 Å². The van der Waals surface area contributed by atoms with Gasteiger partial charge in [0.2, 0.25) is 0 Å². The fourth-order valence-electron chi connectivity index (χ4n) is 1.73. The van der Waals surface area contributed by atoms with Crippen molar-refractivity contribution in [2.24, 2.45) is 0 Å². The van der Waals surface area contributed by atoms with Crippen molar-refractivity contribution in [3.63, 3.8) is 0 Å². The third-order valence-electron chi connectivity index (χ3n) is 2.44. The van der Waals surface area contributed by atoms with E-state index >= 15 is 0 Å². The Labute approximate surface area is 82.0 Å². The van der Waals surface area contributed by atoms with Gasteiger partial charge in [0.05, 0.1) is 12.1 Å². The zero-order valence-corrected chi connectivity index (χ0v) is 7.83. The minimum absolute atomic E-state index is 0.0381. The molecule has 1 aromatic heterocycles. The Morgan fingerprint density at radius 3 is 2.71 bits per heavy atom. The van der Waals surface area contributed by atoms with Gasteiger partial charge in [0, 0.05) is 23.8 Å². The van der Waals surface area contributed by atoms with Crippen LogP contribution < -0.4 is 0 Å². The topological polar surface area (TPSA) is 56.2 Å². The molecule has 1 aromatic carbocycles. The van der Waals surface area contributed by atoms with E-state index in [0.29, 0.717) is 6.42 Å². The number of rotatable bonds is 3. The van der Waals surface area contributed by atoms with Crippen LogP contribution in [0.3, 0.4) is 0 Å². The van der Waals surface area contributed by atoms with Gasteiger partial charge in [-0.15, -0.1) is 0 Å². The Morgan fingerprint density at radius 2 is 2.00 bits per heavy atom. The third-order valence-corrected chi connectivity index (χ3v) is 2.44. The average molecular weight is 191 g/mol. The molecule has 0 aliphatic rings. The number of aliphatic hydroxyl groups excluding tert-OH is 2. The van der Waals surface area contributed by atoms with Crippen molar-refractivity contribution in [1.82, 2.24) is 4.98 Å².